The van der Waals surface area contributed by atoms with Crippen molar-refractivity contribution in [1.29, 1.82) is 0 Å². The third-order valence-electron chi connectivity index (χ3n) is 2.74. The van der Waals surface area contributed by atoms with Gasteiger partial charge in [-0.05, 0) is 43.4 Å². The highest BCUT2D eigenvalue weighted by molar-refractivity contribution is 7.91. The third-order valence-corrected chi connectivity index (χ3v) is 5.75. The molecule has 0 fully saturated rings. The number of thiophene rings is 1. The van der Waals surface area contributed by atoms with Crippen LogP contribution in [0.4, 0.5) is 0 Å². The van der Waals surface area contributed by atoms with Crippen LogP contribution in [0.1, 0.15) is 25.8 Å². The van der Waals surface area contributed by atoms with Crippen LogP contribution in [-0.2, 0) is 16.6 Å². The normalized spacial score (nSPS) is 14.2. The average molecular weight is 320 g/mol. The Hall–Kier alpha value is -0.470. The number of aliphatic hydroxyl groups is 1. The van der Waals surface area contributed by atoms with Crippen molar-refractivity contribution in [2.45, 2.75) is 37.1 Å². The zero-order chi connectivity index (χ0) is 15.3. The SMILES string of the molecule is CC(C)CC(CN(C)C)NS(=O)(=O)c1cc(CO)cs1. The van der Waals surface area contributed by atoms with Crippen LogP contribution in [-0.4, -0.2) is 45.1 Å². The molecule has 20 heavy (non-hydrogen) atoms. The fraction of sp³-hybridized carbons (Fsp3) is 0.692. The number of hydrogen-bond donors (Lipinski definition) is 2. The Morgan fingerprint density at radius 2 is 2.05 bits per heavy atom. The van der Waals surface area contributed by atoms with Crippen molar-refractivity contribution < 1.29 is 13.5 Å². The molecule has 1 aromatic heterocycles. The third kappa shape index (κ3) is 5.49. The molecule has 0 amide bonds. The summed E-state index contributed by atoms with van der Waals surface area (Å²) in [6, 6.07) is 1.41. The standard InChI is InChI=1S/C13H24N2O3S2/c1-10(2)5-12(7-15(3)4)14-20(17,18)13-6-11(8-16)9-19-13/h6,9-10,12,14,16H,5,7-8H2,1-4H3. The first-order chi connectivity index (χ1) is 9.24. The first-order valence-electron chi connectivity index (χ1n) is 6.60. The van der Waals surface area contributed by atoms with Crippen LogP contribution in [0.5, 0.6) is 0 Å². The monoisotopic (exact) mass is 320 g/mol. The molecule has 1 aromatic rings. The molecule has 7 heteroatoms. The van der Waals surface area contributed by atoms with Gasteiger partial charge in [-0.1, -0.05) is 13.8 Å². The average Bonchev–Trinajstić information content (AvgIpc) is 2.75. The molecule has 0 aliphatic carbocycles. The van der Waals surface area contributed by atoms with E-state index in [1.54, 1.807) is 5.38 Å². The highest BCUT2D eigenvalue weighted by Gasteiger charge is 2.22. The predicted octanol–water partition coefficient (Wildman–Crippen LogP) is 1.50. The van der Waals surface area contributed by atoms with E-state index in [1.807, 2.05) is 19.0 Å². The highest BCUT2D eigenvalue weighted by atomic mass is 32.2. The van der Waals surface area contributed by atoms with E-state index in [-0.39, 0.29) is 16.9 Å². The van der Waals surface area contributed by atoms with Gasteiger partial charge in [-0.2, -0.15) is 0 Å². The lowest BCUT2D eigenvalue weighted by Gasteiger charge is -2.23. The smallest absolute Gasteiger partial charge is 0.250 e. The van der Waals surface area contributed by atoms with Crippen LogP contribution in [0.15, 0.2) is 15.7 Å². The van der Waals surface area contributed by atoms with Crippen LogP contribution >= 0.6 is 11.3 Å². The second-order valence-electron chi connectivity index (χ2n) is 5.64. The second-order valence-corrected chi connectivity index (χ2v) is 8.49. The first kappa shape index (κ1) is 17.6. The molecule has 1 unspecified atom stereocenters. The second kappa shape index (κ2) is 7.51. The lowest BCUT2D eigenvalue weighted by Crippen LogP contribution is -2.42. The van der Waals surface area contributed by atoms with Gasteiger partial charge in [0.05, 0.1) is 6.61 Å². The molecule has 0 radical (unpaired) electrons. The Labute approximate surface area is 125 Å². The quantitative estimate of drug-likeness (QED) is 0.761. The van der Waals surface area contributed by atoms with Crippen molar-refractivity contribution in [3.63, 3.8) is 0 Å². The van der Waals surface area contributed by atoms with Crippen molar-refractivity contribution in [3.05, 3.63) is 17.0 Å². The zero-order valence-electron chi connectivity index (χ0n) is 12.5. The summed E-state index contributed by atoms with van der Waals surface area (Å²) < 4.78 is 27.7. The van der Waals surface area contributed by atoms with Crippen molar-refractivity contribution in [2.75, 3.05) is 20.6 Å². The van der Waals surface area contributed by atoms with Crippen molar-refractivity contribution in [3.8, 4) is 0 Å². The van der Waals surface area contributed by atoms with Gasteiger partial charge in [-0.25, -0.2) is 13.1 Å². The lowest BCUT2D eigenvalue weighted by atomic mass is 10.0. The Morgan fingerprint density at radius 1 is 1.40 bits per heavy atom. The summed E-state index contributed by atoms with van der Waals surface area (Å²) in [5, 5.41) is 10.7. The predicted molar refractivity (Wildman–Crippen MR) is 82.4 cm³/mol. The molecule has 1 heterocycles. The van der Waals surface area contributed by atoms with Gasteiger partial charge in [-0.3, -0.25) is 0 Å². The number of sulfonamides is 1. The topological polar surface area (TPSA) is 69.6 Å². The summed E-state index contributed by atoms with van der Waals surface area (Å²) in [6.45, 7) is 4.67. The molecule has 0 aliphatic heterocycles. The molecule has 1 atom stereocenters. The molecule has 0 aromatic carbocycles. The van der Waals surface area contributed by atoms with Crippen molar-refractivity contribution in [1.82, 2.24) is 9.62 Å². The van der Waals surface area contributed by atoms with Gasteiger partial charge in [0.15, 0.2) is 0 Å². The minimum atomic E-state index is -3.51. The van der Waals surface area contributed by atoms with E-state index < -0.39 is 10.0 Å². The van der Waals surface area contributed by atoms with E-state index in [4.69, 9.17) is 5.11 Å². The Morgan fingerprint density at radius 3 is 2.50 bits per heavy atom. The Bertz CT molecular complexity index is 499. The first-order valence-corrected chi connectivity index (χ1v) is 8.96. The molecular weight excluding hydrogens is 296 g/mol. The summed E-state index contributed by atoms with van der Waals surface area (Å²) in [7, 11) is 0.345. The van der Waals surface area contributed by atoms with E-state index in [9.17, 15) is 8.42 Å². The van der Waals surface area contributed by atoms with Gasteiger partial charge in [0, 0.05) is 12.6 Å². The fourth-order valence-corrected chi connectivity index (χ4v) is 4.48. The number of nitrogens with zero attached hydrogens (tertiary/aromatic N) is 1. The molecule has 0 saturated heterocycles. The number of likely N-dealkylation sites (N-methyl/N-ethyl adjacent to an activating group) is 1. The molecule has 1 rings (SSSR count). The maximum absolute atomic E-state index is 12.3. The van der Waals surface area contributed by atoms with Crippen LogP contribution in [0, 0.1) is 5.92 Å². The van der Waals surface area contributed by atoms with E-state index in [1.165, 1.54) is 6.07 Å². The maximum Gasteiger partial charge on any atom is 0.250 e. The summed E-state index contributed by atoms with van der Waals surface area (Å²) >= 11 is 1.14. The molecule has 0 aliphatic rings. The van der Waals surface area contributed by atoms with Gasteiger partial charge in [-0.15, -0.1) is 11.3 Å². The Balaban J connectivity index is 2.84. The van der Waals surface area contributed by atoms with Crippen LogP contribution in [0.2, 0.25) is 0 Å². The summed E-state index contributed by atoms with van der Waals surface area (Å²) in [5.41, 5.74) is 0.628. The lowest BCUT2D eigenvalue weighted by molar-refractivity contribution is 0.282. The molecule has 0 bridgehead atoms. The van der Waals surface area contributed by atoms with Gasteiger partial charge in [0.25, 0.3) is 0 Å². The van der Waals surface area contributed by atoms with E-state index in [2.05, 4.69) is 18.6 Å². The molecule has 2 N–H and O–H groups in total. The van der Waals surface area contributed by atoms with Gasteiger partial charge >= 0.3 is 0 Å². The molecule has 0 spiro atoms. The van der Waals surface area contributed by atoms with E-state index in [0.29, 0.717) is 18.0 Å². The van der Waals surface area contributed by atoms with Crippen LogP contribution in [0.3, 0.4) is 0 Å². The number of aliphatic hydroxyl groups excluding tert-OH is 1. The minimum absolute atomic E-state index is 0.116. The van der Waals surface area contributed by atoms with Crippen molar-refractivity contribution >= 4 is 21.4 Å². The minimum Gasteiger partial charge on any atom is -0.392 e. The van der Waals surface area contributed by atoms with Gasteiger partial charge in [0.2, 0.25) is 10.0 Å². The van der Waals surface area contributed by atoms with Crippen molar-refractivity contribution in [2.24, 2.45) is 5.92 Å². The zero-order valence-corrected chi connectivity index (χ0v) is 14.1. The summed E-state index contributed by atoms with van der Waals surface area (Å²) in [6.07, 6.45) is 0.787. The van der Waals surface area contributed by atoms with E-state index in [0.717, 1.165) is 17.8 Å². The van der Waals surface area contributed by atoms with Gasteiger partial charge < -0.3 is 10.0 Å². The number of hydrogen-bond acceptors (Lipinski definition) is 5. The molecule has 5 nitrogen and oxygen atoms in total. The highest BCUT2D eigenvalue weighted by Crippen LogP contribution is 2.21. The largest absolute Gasteiger partial charge is 0.392 e. The summed E-state index contributed by atoms with van der Waals surface area (Å²) in [5.74, 6) is 0.416. The van der Waals surface area contributed by atoms with Crippen LogP contribution in [0.25, 0.3) is 0 Å². The maximum atomic E-state index is 12.3. The fourth-order valence-electron chi connectivity index (χ4n) is 2.02. The summed E-state index contributed by atoms with van der Waals surface area (Å²) in [4.78, 5) is 1.98. The Kier molecular flexibility index (Phi) is 6.60. The van der Waals surface area contributed by atoms with E-state index >= 15 is 0 Å². The molecular formula is C13H24N2O3S2. The number of nitrogens with one attached hydrogen (secondary N) is 1. The molecule has 116 valence electrons. The van der Waals surface area contributed by atoms with Gasteiger partial charge in [0.1, 0.15) is 4.21 Å². The molecule has 0 saturated carbocycles. The number of rotatable bonds is 8. The van der Waals surface area contributed by atoms with Crippen LogP contribution < -0.4 is 4.72 Å².